The molecule has 2 saturated carbocycles. The van der Waals surface area contributed by atoms with E-state index in [0.717, 1.165) is 55.6 Å². The van der Waals surface area contributed by atoms with Crippen molar-refractivity contribution in [1.29, 1.82) is 0 Å². The number of nitrogens with one attached hydrogen (secondary N) is 1. The molecule has 3 aliphatic rings. The number of carbonyl (C=O) groups excluding carboxylic acids is 1. The molecule has 1 N–H and O–H groups in total. The molecule has 3 atom stereocenters. The lowest BCUT2D eigenvalue weighted by atomic mass is 10.0. The Morgan fingerprint density at radius 1 is 1.25 bits per heavy atom. The molecule has 1 amide bonds. The molecule has 126 valence electrons. The van der Waals surface area contributed by atoms with E-state index in [9.17, 15) is 4.79 Å². The zero-order valence-electron chi connectivity index (χ0n) is 14.0. The molecule has 2 aliphatic carbocycles. The average molecular weight is 325 g/mol. The molecule has 2 aromatic heterocycles. The van der Waals surface area contributed by atoms with Crippen LogP contribution in [0, 0.1) is 17.8 Å². The molecule has 2 aromatic rings. The van der Waals surface area contributed by atoms with Crippen LogP contribution < -0.4 is 4.90 Å². The Morgan fingerprint density at radius 2 is 2.00 bits per heavy atom. The zero-order chi connectivity index (χ0) is 16.3. The van der Waals surface area contributed by atoms with E-state index in [4.69, 9.17) is 0 Å². The first-order valence-corrected chi connectivity index (χ1v) is 9.00. The van der Waals surface area contributed by atoms with Crippen molar-refractivity contribution in [3.63, 3.8) is 0 Å². The Kier molecular flexibility index (Phi) is 3.08. The molecule has 0 spiro atoms. The van der Waals surface area contributed by atoms with Crippen LogP contribution >= 0.6 is 0 Å². The Bertz CT molecular complexity index is 769. The molecule has 1 saturated heterocycles. The van der Waals surface area contributed by atoms with E-state index in [0.29, 0.717) is 29.7 Å². The second kappa shape index (κ2) is 5.19. The van der Waals surface area contributed by atoms with Crippen LogP contribution in [0.1, 0.15) is 25.7 Å². The third-order valence-corrected chi connectivity index (χ3v) is 6.18. The number of hydrogen-bond donors (Lipinski definition) is 1. The lowest BCUT2D eigenvalue weighted by molar-refractivity contribution is -0.131. The standard InChI is InChI=1S/C18H23N5O/c1-22(17-15-4-5-19-16(15)20-10-21-17)14-6-12-8-23(9-13(12)7-14)18(24)11-2-3-11/h4-5,10-14H,2-3,6-9H2,1H3,(H,19,20,21)/t12-,13+,14-. The number of likely N-dealkylation sites (tertiary alicyclic amines) is 1. The lowest BCUT2D eigenvalue weighted by Crippen LogP contribution is -2.35. The van der Waals surface area contributed by atoms with Crippen molar-refractivity contribution in [2.45, 2.75) is 31.7 Å². The second-order valence-electron chi connectivity index (χ2n) is 7.71. The summed E-state index contributed by atoms with van der Waals surface area (Å²) in [7, 11) is 2.15. The maximum Gasteiger partial charge on any atom is 0.225 e. The Labute approximate surface area is 141 Å². The van der Waals surface area contributed by atoms with E-state index in [1.807, 2.05) is 12.3 Å². The van der Waals surface area contributed by atoms with Gasteiger partial charge >= 0.3 is 0 Å². The lowest BCUT2D eigenvalue weighted by Gasteiger charge is -2.28. The summed E-state index contributed by atoms with van der Waals surface area (Å²) >= 11 is 0. The minimum absolute atomic E-state index is 0.352. The van der Waals surface area contributed by atoms with Gasteiger partial charge in [-0.2, -0.15) is 0 Å². The molecule has 1 aliphatic heterocycles. The van der Waals surface area contributed by atoms with E-state index in [1.54, 1.807) is 6.33 Å². The van der Waals surface area contributed by atoms with Gasteiger partial charge in [0.15, 0.2) is 0 Å². The first-order valence-electron chi connectivity index (χ1n) is 9.00. The van der Waals surface area contributed by atoms with Crippen LogP contribution in [0.15, 0.2) is 18.6 Å². The minimum atomic E-state index is 0.352. The summed E-state index contributed by atoms with van der Waals surface area (Å²) in [4.78, 5) is 28.7. The minimum Gasteiger partial charge on any atom is -0.356 e. The van der Waals surface area contributed by atoms with E-state index in [1.165, 1.54) is 0 Å². The fourth-order valence-corrected chi connectivity index (χ4v) is 4.67. The molecule has 3 fully saturated rings. The maximum absolute atomic E-state index is 12.3. The third-order valence-electron chi connectivity index (χ3n) is 6.18. The maximum atomic E-state index is 12.3. The van der Waals surface area contributed by atoms with Crippen molar-refractivity contribution in [1.82, 2.24) is 19.9 Å². The van der Waals surface area contributed by atoms with Crippen LogP contribution in [0.3, 0.4) is 0 Å². The van der Waals surface area contributed by atoms with E-state index in [-0.39, 0.29) is 0 Å². The molecule has 0 unspecified atom stereocenters. The molecule has 24 heavy (non-hydrogen) atoms. The predicted octanol–water partition coefficient (Wildman–Crippen LogP) is 2.04. The van der Waals surface area contributed by atoms with Gasteiger partial charge in [-0.3, -0.25) is 4.79 Å². The van der Waals surface area contributed by atoms with E-state index < -0.39 is 0 Å². The monoisotopic (exact) mass is 325 g/mol. The Hall–Kier alpha value is -2.11. The van der Waals surface area contributed by atoms with Crippen LogP contribution in [0.2, 0.25) is 0 Å². The number of aromatic amines is 1. The number of aromatic nitrogens is 3. The van der Waals surface area contributed by atoms with Crippen LogP contribution in [-0.4, -0.2) is 51.9 Å². The van der Waals surface area contributed by atoms with Gasteiger partial charge in [0, 0.05) is 38.3 Å². The normalized spacial score (nSPS) is 29.2. The van der Waals surface area contributed by atoms with Gasteiger partial charge in [-0.25, -0.2) is 9.97 Å². The van der Waals surface area contributed by atoms with Gasteiger partial charge in [0.25, 0.3) is 0 Å². The number of H-pyrrole nitrogens is 1. The van der Waals surface area contributed by atoms with Gasteiger partial charge in [0.1, 0.15) is 17.8 Å². The highest BCUT2D eigenvalue weighted by Gasteiger charge is 2.46. The second-order valence-corrected chi connectivity index (χ2v) is 7.71. The van der Waals surface area contributed by atoms with Crippen molar-refractivity contribution in [2.24, 2.45) is 17.8 Å². The number of amides is 1. The summed E-state index contributed by atoms with van der Waals surface area (Å²) < 4.78 is 0. The highest BCUT2D eigenvalue weighted by Crippen LogP contribution is 2.43. The molecular weight excluding hydrogens is 302 g/mol. The Balaban J connectivity index is 1.30. The van der Waals surface area contributed by atoms with Gasteiger partial charge in [-0.15, -0.1) is 0 Å². The largest absolute Gasteiger partial charge is 0.356 e. The summed E-state index contributed by atoms with van der Waals surface area (Å²) in [5.41, 5.74) is 0.895. The summed E-state index contributed by atoms with van der Waals surface area (Å²) in [6, 6.07) is 2.55. The summed E-state index contributed by atoms with van der Waals surface area (Å²) in [5, 5.41) is 1.09. The van der Waals surface area contributed by atoms with Crippen molar-refractivity contribution in [3.05, 3.63) is 18.6 Å². The zero-order valence-corrected chi connectivity index (χ0v) is 14.0. The molecule has 3 heterocycles. The van der Waals surface area contributed by atoms with Crippen LogP contribution in [0.4, 0.5) is 5.82 Å². The van der Waals surface area contributed by atoms with Crippen LogP contribution in [0.5, 0.6) is 0 Å². The van der Waals surface area contributed by atoms with Crippen molar-refractivity contribution in [2.75, 3.05) is 25.0 Å². The van der Waals surface area contributed by atoms with Gasteiger partial charge < -0.3 is 14.8 Å². The first kappa shape index (κ1) is 14.3. The number of anilines is 1. The molecular formula is C18H23N5O. The topological polar surface area (TPSA) is 65.1 Å². The highest BCUT2D eigenvalue weighted by atomic mass is 16.2. The molecule has 6 heteroatoms. The third kappa shape index (κ3) is 2.19. The summed E-state index contributed by atoms with van der Waals surface area (Å²) in [6.07, 6.45) is 8.09. The van der Waals surface area contributed by atoms with Gasteiger partial charge in [0.05, 0.1) is 5.39 Å². The number of rotatable bonds is 3. The van der Waals surface area contributed by atoms with Crippen LogP contribution in [0.25, 0.3) is 11.0 Å². The van der Waals surface area contributed by atoms with Crippen molar-refractivity contribution in [3.8, 4) is 0 Å². The molecule has 5 rings (SSSR count). The summed E-state index contributed by atoms with van der Waals surface area (Å²) in [5.74, 6) is 3.09. The average Bonchev–Trinajstić information content (AvgIpc) is 3.01. The molecule has 0 radical (unpaired) electrons. The SMILES string of the molecule is CN(c1ncnc2[nH]ccc12)[C@@H]1C[C@@H]2CN(C(=O)C3CC3)C[C@@H]2C1. The van der Waals surface area contributed by atoms with E-state index in [2.05, 4.69) is 31.8 Å². The van der Waals surface area contributed by atoms with Gasteiger partial charge in [0.2, 0.25) is 5.91 Å². The van der Waals surface area contributed by atoms with Crippen molar-refractivity contribution < 1.29 is 4.79 Å². The molecule has 0 bridgehead atoms. The van der Waals surface area contributed by atoms with Gasteiger partial charge in [-0.1, -0.05) is 0 Å². The van der Waals surface area contributed by atoms with Crippen LogP contribution in [-0.2, 0) is 4.79 Å². The van der Waals surface area contributed by atoms with E-state index >= 15 is 0 Å². The number of fused-ring (bicyclic) bond motifs is 2. The number of carbonyl (C=O) groups is 1. The summed E-state index contributed by atoms with van der Waals surface area (Å²) in [6.45, 7) is 1.93. The Morgan fingerprint density at radius 3 is 2.71 bits per heavy atom. The number of hydrogen-bond acceptors (Lipinski definition) is 4. The highest BCUT2D eigenvalue weighted by molar-refractivity contribution is 5.87. The fraction of sp³-hybridized carbons (Fsp3) is 0.611. The molecule has 0 aromatic carbocycles. The fourth-order valence-electron chi connectivity index (χ4n) is 4.67. The smallest absolute Gasteiger partial charge is 0.225 e. The van der Waals surface area contributed by atoms with Gasteiger partial charge in [-0.05, 0) is 43.6 Å². The van der Waals surface area contributed by atoms with Crippen molar-refractivity contribution >= 4 is 22.8 Å². The quantitative estimate of drug-likeness (QED) is 0.938. The first-order chi connectivity index (χ1) is 11.7. The number of nitrogens with zero attached hydrogens (tertiary/aromatic N) is 4. The molecule has 6 nitrogen and oxygen atoms in total. The predicted molar refractivity (Wildman–Crippen MR) is 91.6 cm³/mol.